The molecule has 0 bridgehead atoms. The summed E-state index contributed by atoms with van der Waals surface area (Å²) in [7, 11) is 4.96. The fourth-order valence-corrected chi connectivity index (χ4v) is 3.44. The van der Waals surface area contributed by atoms with Gasteiger partial charge >= 0.3 is 0 Å². The largest absolute Gasteiger partial charge is 0.326 e. The maximum Gasteiger partial charge on any atom is 0.0886 e. The van der Waals surface area contributed by atoms with Crippen LogP contribution in [0.2, 0.25) is 0 Å². The minimum Gasteiger partial charge on any atom is -0.326 e. The highest BCUT2D eigenvalue weighted by molar-refractivity contribution is 4.64. The molecule has 108 valence electrons. The second-order valence-electron chi connectivity index (χ2n) is 6.92. The maximum absolute atomic E-state index is 2.48. The van der Waals surface area contributed by atoms with Gasteiger partial charge in [0.1, 0.15) is 0 Å². The molecule has 0 aromatic rings. The Labute approximate surface area is 116 Å². The smallest absolute Gasteiger partial charge is 0.0886 e. The normalized spacial score (nSPS) is 19.5. The second-order valence-corrected chi connectivity index (χ2v) is 6.92. The highest BCUT2D eigenvalue weighted by Crippen LogP contribution is 2.25. The summed E-state index contributed by atoms with van der Waals surface area (Å²) in [5, 5.41) is 0. The van der Waals surface area contributed by atoms with E-state index in [0.717, 1.165) is 6.04 Å². The van der Waals surface area contributed by atoms with Crippen molar-refractivity contribution in [3.05, 3.63) is 0 Å². The van der Waals surface area contributed by atoms with E-state index in [9.17, 15) is 0 Å². The Morgan fingerprint density at radius 3 is 1.94 bits per heavy atom. The van der Waals surface area contributed by atoms with E-state index in [4.69, 9.17) is 0 Å². The van der Waals surface area contributed by atoms with E-state index < -0.39 is 0 Å². The topological polar surface area (TPSA) is 0 Å². The molecule has 1 aliphatic rings. The summed E-state index contributed by atoms with van der Waals surface area (Å²) in [6.45, 7) is 3.70. The second kappa shape index (κ2) is 8.96. The van der Waals surface area contributed by atoms with Gasteiger partial charge in [0.25, 0.3) is 0 Å². The van der Waals surface area contributed by atoms with E-state index in [1.54, 1.807) is 0 Å². The van der Waals surface area contributed by atoms with Crippen molar-refractivity contribution in [1.29, 1.82) is 0 Å². The summed E-state index contributed by atoms with van der Waals surface area (Å²) >= 11 is 0. The average Bonchev–Trinajstić information content (AvgIpc) is 2.27. The number of nitrogens with zero attached hydrogens (tertiary/aromatic N) is 1. The lowest BCUT2D eigenvalue weighted by Gasteiger charge is -2.39. The predicted molar refractivity (Wildman–Crippen MR) is 81.8 cm³/mol. The van der Waals surface area contributed by atoms with Gasteiger partial charge in [-0.2, -0.15) is 0 Å². The Morgan fingerprint density at radius 1 is 0.778 bits per heavy atom. The Bertz CT molecular complexity index is 190. The lowest BCUT2D eigenvalue weighted by Crippen LogP contribution is -2.49. The monoisotopic (exact) mass is 254 g/mol. The zero-order chi connectivity index (χ0) is 13.3. The number of unbranched alkanes of at least 4 members (excludes halogenated alkanes) is 4. The van der Waals surface area contributed by atoms with Crippen LogP contribution in [0.15, 0.2) is 0 Å². The van der Waals surface area contributed by atoms with Crippen LogP contribution in [0.5, 0.6) is 0 Å². The zero-order valence-corrected chi connectivity index (χ0v) is 13.2. The van der Waals surface area contributed by atoms with Gasteiger partial charge in [0, 0.05) is 0 Å². The van der Waals surface area contributed by atoms with E-state index >= 15 is 0 Å². The fourth-order valence-electron chi connectivity index (χ4n) is 3.44. The predicted octanol–water partition coefficient (Wildman–Crippen LogP) is 5.15. The van der Waals surface area contributed by atoms with Crippen molar-refractivity contribution in [3.63, 3.8) is 0 Å². The highest BCUT2D eigenvalue weighted by Gasteiger charge is 2.27. The third kappa shape index (κ3) is 6.22. The van der Waals surface area contributed by atoms with Crippen LogP contribution in [-0.4, -0.2) is 31.2 Å². The summed E-state index contributed by atoms with van der Waals surface area (Å²) in [5.74, 6) is 0. The van der Waals surface area contributed by atoms with E-state index in [2.05, 4.69) is 21.0 Å². The van der Waals surface area contributed by atoms with Crippen LogP contribution < -0.4 is 0 Å². The fraction of sp³-hybridized carbons (Fsp3) is 1.00. The molecule has 1 heteroatoms. The minimum atomic E-state index is 0.941. The van der Waals surface area contributed by atoms with Gasteiger partial charge in [-0.1, -0.05) is 45.4 Å². The molecule has 0 heterocycles. The van der Waals surface area contributed by atoms with Crippen molar-refractivity contribution in [2.75, 3.05) is 20.6 Å². The molecule has 0 aromatic heterocycles. The molecule has 1 aliphatic carbocycles. The van der Waals surface area contributed by atoms with Crippen molar-refractivity contribution in [1.82, 2.24) is 0 Å². The number of hydrogen-bond acceptors (Lipinski definition) is 0. The standard InChI is InChI=1S/C17H36N/c1-4-5-6-10-13-16-18(2,3)17-14-11-8-7-9-12-15-17/h17H,4-16H2,1-3H3/q+1. The molecule has 0 saturated heterocycles. The van der Waals surface area contributed by atoms with E-state index in [1.165, 1.54) is 88.1 Å². The summed E-state index contributed by atoms with van der Waals surface area (Å²) in [6, 6.07) is 0.941. The SMILES string of the molecule is CCCCCCC[N+](C)(C)C1CCCCCCC1. The molecule has 1 nitrogen and oxygen atoms in total. The summed E-state index contributed by atoms with van der Waals surface area (Å²) in [5.41, 5.74) is 0. The van der Waals surface area contributed by atoms with Gasteiger partial charge in [-0.05, 0) is 38.5 Å². The molecule has 0 radical (unpaired) electrons. The Hall–Kier alpha value is -0.0400. The van der Waals surface area contributed by atoms with Gasteiger partial charge in [0.2, 0.25) is 0 Å². The van der Waals surface area contributed by atoms with Crippen molar-refractivity contribution < 1.29 is 4.48 Å². The molecule has 1 fully saturated rings. The molecule has 1 saturated carbocycles. The Balaban J connectivity index is 2.26. The molecule has 18 heavy (non-hydrogen) atoms. The third-order valence-corrected chi connectivity index (χ3v) is 4.90. The number of hydrogen-bond donors (Lipinski definition) is 0. The molecular weight excluding hydrogens is 218 g/mol. The number of rotatable bonds is 7. The van der Waals surface area contributed by atoms with Gasteiger partial charge in [0.15, 0.2) is 0 Å². The molecule has 0 atom stereocenters. The van der Waals surface area contributed by atoms with Crippen LogP contribution in [0.1, 0.15) is 84.0 Å². The van der Waals surface area contributed by atoms with Crippen molar-refractivity contribution in [3.8, 4) is 0 Å². The van der Waals surface area contributed by atoms with E-state index in [-0.39, 0.29) is 0 Å². The maximum atomic E-state index is 2.48. The lowest BCUT2D eigenvalue weighted by atomic mass is 9.94. The first kappa shape index (κ1) is 16.0. The Kier molecular flexibility index (Phi) is 7.97. The molecule has 0 unspecified atom stereocenters. The van der Waals surface area contributed by atoms with Gasteiger partial charge in [-0.25, -0.2) is 0 Å². The van der Waals surface area contributed by atoms with Crippen LogP contribution in [0.3, 0.4) is 0 Å². The average molecular weight is 254 g/mol. The first-order valence-corrected chi connectivity index (χ1v) is 8.49. The van der Waals surface area contributed by atoms with Crippen LogP contribution in [0.25, 0.3) is 0 Å². The minimum absolute atomic E-state index is 0.941. The van der Waals surface area contributed by atoms with Gasteiger partial charge in [-0.15, -0.1) is 0 Å². The van der Waals surface area contributed by atoms with Gasteiger partial charge in [0.05, 0.1) is 26.7 Å². The first-order chi connectivity index (χ1) is 8.67. The van der Waals surface area contributed by atoms with Crippen molar-refractivity contribution in [2.45, 2.75) is 90.0 Å². The van der Waals surface area contributed by atoms with Crippen molar-refractivity contribution in [2.24, 2.45) is 0 Å². The third-order valence-electron chi connectivity index (χ3n) is 4.90. The molecule has 0 aliphatic heterocycles. The summed E-state index contributed by atoms with van der Waals surface area (Å²) in [4.78, 5) is 0. The highest BCUT2D eigenvalue weighted by atomic mass is 15.3. The lowest BCUT2D eigenvalue weighted by molar-refractivity contribution is -0.916. The van der Waals surface area contributed by atoms with Crippen LogP contribution >= 0.6 is 0 Å². The quantitative estimate of drug-likeness (QED) is 0.435. The summed E-state index contributed by atoms with van der Waals surface area (Å²) in [6.07, 6.45) is 17.5. The molecule has 0 N–H and O–H groups in total. The van der Waals surface area contributed by atoms with Gasteiger partial charge in [-0.3, -0.25) is 0 Å². The van der Waals surface area contributed by atoms with Gasteiger partial charge < -0.3 is 4.48 Å². The first-order valence-electron chi connectivity index (χ1n) is 8.49. The molecule has 1 rings (SSSR count). The van der Waals surface area contributed by atoms with E-state index in [1.807, 2.05) is 0 Å². The molecule has 0 amide bonds. The van der Waals surface area contributed by atoms with E-state index in [0.29, 0.717) is 0 Å². The van der Waals surface area contributed by atoms with Crippen molar-refractivity contribution >= 4 is 0 Å². The Morgan fingerprint density at radius 2 is 1.33 bits per heavy atom. The summed E-state index contributed by atoms with van der Waals surface area (Å²) < 4.78 is 1.28. The molecule has 0 spiro atoms. The molecular formula is C17H36N+. The zero-order valence-electron chi connectivity index (χ0n) is 13.2. The van der Waals surface area contributed by atoms with Crippen LogP contribution in [-0.2, 0) is 0 Å². The molecule has 0 aromatic carbocycles. The van der Waals surface area contributed by atoms with Crippen LogP contribution in [0.4, 0.5) is 0 Å². The number of quaternary nitrogens is 1. The van der Waals surface area contributed by atoms with Crippen LogP contribution in [0, 0.1) is 0 Å².